The van der Waals surface area contributed by atoms with Crippen LogP contribution < -0.4 is 5.32 Å². The van der Waals surface area contributed by atoms with Crippen molar-refractivity contribution in [1.82, 2.24) is 5.32 Å². The Morgan fingerprint density at radius 3 is 2.38 bits per heavy atom. The molecule has 16 heavy (non-hydrogen) atoms. The van der Waals surface area contributed by atoms with Crippen molar-refractivity contribution in [3.63, 3.8) is 0 Å². The average molecular weight is 215 g/mol. The lowest BCUT2D eigenvalue weighted by Crippen LogP contribution is -2.12. The van der Waals surface area contributed by atoms with E-state index >= 15 is 0 Å². The van der Waals surface area contributed by atoms with Crippen molar-refractivity contribution in [2.24, 2.45) is 17.8 Å². The van der Waals surface area contributed by atoms with E-state index in [1.54, 1.807) is 0 Å². The summed E-state index contributed by atoms with van der Waals surface area (Å²) in [5.74, 6) is 3.00. The predicted molar refractivity (Wildman–Crippen MR) is 67.3 cm³/mol. The normalized spacial score (nSPS) is 32.9. The molecular formula is C15H21N. The van der Waals surface area contributed by atoms with Gasteiger partial charge in [0, 0.05) is 0 Å². The minimum absolute atomic E-state index is 0.998. The molecule has 0 aromatic heterocycles. The van der Waals surface area contributed by atoms with E-state index in [-0.39, 0.29) is 0 Å². The fourth-order valence-electron chi connectivity index (χ4n) is 3.54. The van der Waals surface area contributed by atoms with Crippen LogP contribution in [-0.4, -0.2) is 13.1 Å². The van der Waals surface area contributed by atoms with Gasteiger partial charge < -0.3 is 5.32 Å². The van der Waals surface area contributed by atoms with Crippen molar-refractivity contribution < 1.29 is 0 Å². The zero-order chi connectivity index (χ0) is 10.8. The molecule has 1 saturated heterocycles. The third-order valence-corrected chi connectivity index (χ3v) is 4.44. The number of aryl methyl sites for hydroxylation is 1. The monoisotopic (exact) mass is 215 g/mol. The first-order chi connectivity index (χ1) is 7.92. The first-order valence-corrected chi connectivity index (χ1v) is 6.66. The van der Waals surface area contributed by atoms with Gasteiger partial charge in [0.2, 0.25) is 0 Å². The van der Waals surface area contributed by atoms with Crippen LogP contribution in [0.4, 0.5) is 0 Å². The highest BCUT2D eigenvalue weighted by atomic mass is 14.9. The second kappa shape index (κ2) is 4.58. The third kappa shape index (κ3) is 2.15. The summed E-state index contributed by atoms with van der Waals surface area (Å²) in [4.78, 5) is 0. The first kappa shape index (κ1) is 10.3. The fourth-order valence-corrected chi connectivity index (χ4v) is 3.54. The van der Waals surface area contributed by atoms with Gasteiger partial charge in [-0.05, 0) is 62.1 Å². The summed E-state index contributed by atoms with van der Waals surface area (Å²) in [5.41, 5.74) is 1.51. The van der Waals surface area contributed by atoms with Gasteiger partial charge >= 0.3 is 0 Å². The molecule has 2 fully saturated rings. The van der Waals surface area contributed by atoms with Gasteiger partial charge in [-0.3, -0.25) is 0 Å². The quantitative estimate of drug-likeness (QED) is 0.817. The van der Waals surface area contributed by atoms with E-state index in [2.05, 4.69) is 35.6 Å². The Morgan fingerprint density at radius 2 is 1.69 bits per heavy atom. The van der Waals surface area contributed by atoms with E-state index in [1.165, 1.54) is 44.3 Å². The summed E-state index contributed by atoms with van der Waals surface area (Å²) < 4.78 is 0. The third-order valence-electron chi connectivity index (χ3n) is 4.44. The van der Waals surface area contributed by atoms with Gasteiger partial charge in [-0.15, -0.1) is 0 Å². The molecule has 86 valence electrons. The van der Waals surface area contributed by atoms with Gasteiger partial charge in [0.15, 0.2) is 0 Å². The molecular weight excluding hydrogens is 194 g/mol. The van der Waals surface area contributed by atoms with Gasteiger partial charge in [0.05, 0.1) is 0 Å². The molecule has 0 radical (unpaired) electrons. The van der Waals surface area contributed by atoms with E-state index in [0.29, 0.717) is 0 Å². The molecule has 1 aliphatic carbocycles. The van der Waals surface area contributed by atoms with Gasteiger partial charge in [0.1, 0.15) is 0 Å². The lowest BCUT2D eigenvalue weighted by molar-refractivity contribution is 0.459. The van der Waals surface area contributed by atoms with E-state index in [4.69, 9.17) is 0 Å². The number of hydrogen-bond donors (Lipinski definition) is 1. The maximum Gasteiger partial charge on any atom is -0.00172 e. The summed E-state index contributed by atoms with van der Waals surface area (Å²) in [5, 5.41) is 3.52. The minimum Gasteiger partial charge on any atom is -0.316 e. The van der Waals surface area contributed by atoms with E-state index < -0.39 is 0 Å². The second-order valence-corrected chi connectivity index (χ2v) is 5.54. The molecule has 1 heteroatoms. The lowest BCUT2D eigenvalue weighted by Gasteiger charge is -2.10. The minimum atomic E-state index is 0.998. The molecule has 3 atom stereocenters. The Bertz CT molecular complexity index is 321. The van der Waals surface area contributed by atoms with Gasteiger partial charge in [-0.1, -0.05) is 30.3 Å². The molecule has 3 rings (SSSR count). The summed E-state index contributed by atoms with van der Waals surface area (Å²) >= 11 is 0. The van der Waals surface area contributed by atoms with Crippen molar-refractivity contribution in [2.75, 3.05) is 13.1 Å². The maximum absolute atomic E-state index is 3.52. The smallest absolute Gasteiger partial charge is 0.00172 e. The second-order valence-electron chi connectivity index (χ2n) is 5.54. The van der Waals surface area contributed by atoms with Crippen LogP contribution in [0, 0.1) is 17.8 Å². The number of fused-ring (bicyclic) bond motifs is 1. The van der Waals surface area contributed by atoms with Gasteiger partial charge in [-0.25, -0.2) is 0 Å². The van der Waals surface area contributed by atoms with Crippen molar-refractivity contribution in [3.8, 4) is 0 Å². The highest BCUT2D eigenvalue weighted by Crippen LogP contribution is 2.40. The number of rotatable bonds is 3. The topological polar surface area (TPSA) is 12.0 Å². The average Bonchev–Trinajstić information content (AvgIpc) is 2.88. The molecule has 2 aliphatic rings. The SMILES string of the molecule is c1ccc(CCC2C[C@H]3CNC[C@H]3C2)cc1. The van der Waals surface area contributed by atoms with Crippen molar-refractivity contribution in [2.45, 2.75) is 25.7 Å². The molecule has 1 nitrogen and oxygen atoms in total. The Morgan fingerprint density at radius 1 is 1.00 bits per heavy atom. The Balaban J connectivity index is 1.50. The zero-order valence-electron chi connectivity index (χ0n) is 9.86. The number of nitrogens with one attached hydrogen (secondary N) is 1. The Hall–Kier alpha value is -0.820. The standard InChI is InChI=1S/C15H21N/c1-2-4-12(5-3-1)6-7-13-8-14-10-16-11-15(14)9-13/h1-5,13-16H,6-11H2/t13?,14-,15+. The molecule has 1 aromatic rings. The first-order valence-electron chi connectivity index (χ1n) is 6.66. The summed E-state index contributed by atoms with van der Waals surface area (Å²) in [6.07, 6.45) is 5.63. The van der Waals surface area contributed by atoms with Gasteiger partial charge in [0.25, 0.3) is 0 Å². The molecule has 0 bridgehead atoms. The molecule has 0 amide bonds. The maximum atomic E-state index is 3.52. The van der Waals surface area contributed by atoms with Crippen LogP contribution in [0.1, 0.15) is 24.8 Å². The lowest BCUT2D eigenvalue weighted by atomic mass is 9.97. The molecule has 1 heterocycles. The van der Waals surface area contributed by atoms with Crippen molar-refractivity contribution in [1.29, 1.82) is 0 Å². The molecule has 1 aliphatic heterocycles. The van der Waals surface area contributed by atoms with Crippen molar-refractivity contribution in [3.05, 3.63) is 35.9 Å². The van der Waals surface area contributed by atoms with Crippen LogP contribution in [0.25, 0.3) is 0 Å². The van der Waals surface area contributed by atoms with Crippen LogP contribution in [0.15, 0.2) is 30.3 Å². The largest absolute Gasteiger partial charge is 0.316 e. The van der Waals surface area contributed by atoms with E-state index in [1.807, 2.05) is 0 Å². The number of hydrogen-bond acceptors (Lipinski definition) is 1. The molecule has 1 unspecified atom stereocenters. The number of benzene rings is 1. The van der Waals surface area contributed by atoms with Crippen LogP contribution in [0.3, 0.4) is 0 Å². The molecule has 1 N–H and O–H groups in total. The Labute approximate surface area is 98.3 Å². The van der Waals surface area contributed by atoms with Crippen LogP contribution >= 0.6 is 0 Å². The van der Waals surface area contributed by atoms with Crippen LogP contribution in [0.5, 0.6) is 0 Å². The Kier molecular flexibility index (Phi) is 2.96. The highest BCUT2D eigenvalue weighted by molar-refractivity contribution is 5.14. The fraction of sp³-hybridized carbons (Fsp3) is 0.600. The molecule has 1 saturated carbocycles. The summed E-state index contributed by atoms with van der Waals surface area (Å²) in [7, 11) is 0. The van der Waals surface area contributed by atoms with Crippen molar-refractivity contribution >= 4 is 0 Å². The summed E-state index contributed by atoms with van der Waals surface area (Å²) in [6.45, 7) is 2.57. The van der Waals surface area contributed by atoms with E-state index in [9.17, 15) is 0 Å². The van der Waals surface area contributed by atoms with Crippen LogP contribution in [-0.2, 0) is 6.42 Å². The zero-order valence-corrected chi connectivity index (χ0v) is 9.86. The van der Waals surface area contributed by atoms with Crippen LogP contribution in [0.2, 0.25) is 0 Å². The summed E-state index contributed by atoms with van der Waals surface area (Å²) in [6, 6.07) is 10.9. The molecule has 0 spiro atoms. The van der Waals surface area contributed by atoms with E-state index in [0.717, 1.165) is 17.8 Å². The molecule has 1 aromatic carbocycles. The predicted octanol–water partition coefficient (Wildman–Crippen LogP) is 2.86. The highest BCUT2D eigenvalue weighted by Gasteiger charge is 2.36. The van der Waals surface area contributed by atoms with Gasteiger partial charge in [-0.2, -0.15) is 0 Å².